The van der Waals surface area contributed by atoms with Gasteiger partial charge in [0.1, 0.15) is 10.0 Å². The Bertz CT molecular complexity index is 540. The number of aromatic nitrogens is 1. The van der Waals surface area contributed by atoms with Crippen LogP contribution in [0.4, 0.5) is 0 Å². The van der Waals surface area contributed by atoms with Crippen molar-refractivity contribution in [3.63, 3.8) is 0 Å². The molecule has 0 atom stereocenters. The molecule has 1 fully saturated rings. The molecule has 1 aliphatic heterocycles. The van der Waals surface area contributed by atoms with Gasteiger partial charge in [-0.15, -0.1) is 0 Å². The average molecular weight is 304 g/mol. The molecule has 106 valence electrons. The third-order valence-corrected chi connectivity index (χ3v) is 5.84. The van der Waals surface area contributed by atoms with Crippen molar-refractivity contribution >= 4 is 21.6 Å². The summed E-state index contributed by atoms with van der Waals surface area (Å²) >= 11 is 5.88. The SMILES string of the molecule is CN(C)C1CCN(S(=O)(=O)c2cccnc2Cl)CC1. The first kappa shape index (κ1) is 14.7. The fraction of sp³-hybridized carbons (Fsp3) is 0.583. The van der Waals surface area contributed by atoms with Crippen LogP contribution in [0.15, 0.2) is 23.2 Å². The molecule has 1 aliphatic rings. The largest absolute Gasteiger partial charge is 0.306 e. The number of rotatable bonds is 3. The Morgan fingerprint density at radius 2 is 2.00 bits per heavy atom. The Balaban J connectivity index is 2.17. The molecule has 0 saturated carbocycles. The minimum atomic E-state index is -3.52. The smallest absolute Gasteiger partial charge is 0.246 e. The van der Waals surface area contributed by atoms with Crippen LogP contribution in [0, 0.1) is 0 Å². The van der Waals surface area contributed by atoms with Gasteiger partial charge in [0.2, 0.25) is 10.0 Å². The van der Waals surface area contributed by atoms with Crippen molar-refractivity contribution in [2.24, 2.45) is 0 Å². The van der Waals surface area contributed by atoms with Crippen molar-refractivity contribution in [2.45, 2.75) is 23.8 Å². The van der Waals surface area contributed by atoms with E-state index < -0.39 is 10.0 Å². The predicted molar refractivity (Wildman–Crippen MR) is 74.7 cm³/mol. The molecule has 0 N–H and O–H groups in total. The van der Waals surface area contributed by atoms with Crippen LogP contribution in [-0.2, 0) is 10.0 Å². The molecular weight excluding hydrogens is 286 g/mol. The first-order valence-electron chi connectivity index (χ1n) is 6.20. The van der Waals surface area contributed by atoms with Crippen molar-refractivity contribution in [1.29, 1.82) is 0 Å². The molecule has 2 heterocycles. The lowest BCUT2D eigenvalue weighted by molar-refractivity contribution is 0.196. The van der Waals surface area contributed by atoms with Crippen LogP contribution < -0.4 is 0 Å². The van der Waals surface area contributed by atoms with Gasteiger partial charge in [0.05, 0.1) is 0 Å². The third kappa shape index (κ3) is 3.08. The monoisotopic (exact) mass is 303 g/mol. The van der Waals surface area contributed by atoms with Gasteiger partial charge in [-0.1, -0.05) is 11.6 Å². The van der Waals surface area contributed by atoms with E-state index in [1.54, 1.807) is 6.07 Å². The van der Waals surface area contributed by atoms with Crippen LogP contribution in [0.25, 0.3) is 0 Å². The van der Waals surface area contributed by atoms with Crippen LogP contribution >= 0.6 is 11.6 Å². The van der Waals surface area contributed by atoms with Gasteiger partial charge in [-0.05, 0) is 39.1 Å². The first-order chi connectivity index (χ1) is 8.93. The van der Waals surface area contributed by atoms with Crippen molar-refractivity contribution in [2.75, 3.05) is 27.2 Å². The Morgan fingerprint density at radius 3 is 2.53 bits per heavy atom. The fourth-order valence-electron chi connectivity index (χ4n) is 2.30. The van der Waals surface area contributed by atoms with Crippen LogP contribution in [-0.4, -0.2) is 55.8 Å². The van der Waals surface area contributed by atoms with Gasteiger partial charge in [0.25, 0.3) is 0 Å². The van der Waals surface area contributed by atoms with Gasteiger partial charge in [0, 0.05) is 25.3 Å². The third-order valence-electron chi connectivity index (χ3n) is 3.50. The van der Waals surface area contributed by atoms with E-state index in [0.717, 1.165) is 12.8 Å². The van der Waals surface area contributed by atoms with Gasteiger partial charge in [-0.25, -0.2) is 13.4 Å². The van der Waals surface area contributed by atoms with Crippen LogP contribution in [0.5, 0.6) is 0 Å². The van der Waals surface area contributed by atoms with E-state index in [1.807, 2.05) is 14.1 Å². The summed E-state index contributed by atoms with van der Waals surface area (Å²) in [4.78, 5) is 6.07. The summed E-state index contributed by atoms with van der Waals surface area (Å²) in [7, 11) is 0.520. The van der Waals surface area contributed by atoms with Crippen molar-refractivity contribution < 1.29 is 8.42 Å². The molecular formula is C12H18ClN3O2S. The minimum Gasteiger partial charge on any atom is -0.306 e. The van der Waals surface area contributed by atoms with Crippen molar-refractivity contribution in [1.82, 2.24) is 14.2 Å². The summed E-state index contributed by atoms with van der Waals surface area (Å²) in [5.41, 5.74) is 0. The molecule has 1 aromatic heterocycles. The highest BCUT2D eigenvalue weighted by atomic mass is 35.5. The molecule has 0 aliphatic carbocycles. The molecule has 0 unspecified atom stereocenters. The summed E-state index contributed by atoms with van der Waals surface area (Å²) in [6.07, 6.45) is 3.16. The normalized spacial score (nSPS) is 18.9. The second kappa shape index (κ2) is 5.75. The van der Waals surface area contributed by atoms with Crippen molar-refractivity contribution in [3.05, 3.63) is 23.5 Å². The maximum atomic E-state index is 12.5. The highest BCUT2D eigenvalue weighted by molar-refractivity contribution is 7.89. The summed E-state index contributed by atoms with van der Waals surface area (Å²) < 4.78 is 26.4. The number of piperidine rings is 1. The van der Waals surface area contributed by atoms with E-state index >= 15 is 0 Å². The number of halogens is 1. The fourth-order valence-corrected chi connectivity index (χ4v) is 4.20. The summed E-state index contributed by atoms with van der Waals surface area (Å²) in [6.45, 7) is 1.05. The molecule has 5 nitrogen and oxygen atoms in total. The quantitative estimate of drug-likeness (QED) is 0.793. The summed E-state index contributed by atoms with van der Waals surface area (Å²) in [6, 6.07) is 3.53. The molecule has 1 saturated heterocycles. The molecule has 2 rings (SSSR count). The number of sulfonamides is 1. The maximum absolute atomic E-state index is 12.5. The number of hydrogen-bond acceptors (Lipinski definition) is 4. The highest BCUT2D eigenvalue weighted by Gasteiger charge is 2.31. The standard InChI is InChI=1S/C12H18ClN3O2S/c1-15(2)10-5-8-16(9-6-10)19(17,18)11-4-3-7-14-12(11)13/h3-4,7,10H,5-6,8-9H2,1-2H3. The average Bonchev–Trinajstić information content (AvgIpc) is 2.39. The van der Waals surface area contributed by atoms with Crippen LogP contribution in [0.3, 0.4) is 0 Å². The van der Waals surface area contributed by atoms with Crippen molar-refractivity contribution in [3.8, 4) is 0 Å². The van der Waals surface area contributed by atoms with E-state index in [4.69, 9.17) is 11.6 Å². The molecule has 0 radical (unpaired) electrons. The number of pyridine rings is 1. The molecule has 1 aromatic rings. The zero-order chi connectivity index (χ0) is 14.0. The lowest BCUT2D eigenvalue weighted by Gasteiger charge is -2.34. The lowest BCUT2D eigenvalue weighted by atomic mass is 10.1. The van der Waals surface area contributed by atoms with E-state index in [0.29, 0.717) is 19.1 Å². The van der Waals surface area contributed by atoms with E-state index in [1.165, 1.54) is 16.6 Å². The number of nitrogens with zero attached hydrogens (tertiary/aromatic N) is 3. The van der Waals surface area contributed by atoms with Gasteiger partial charge >= 0.3 is 0 Å². The molecule has 19 heavy (non-hydrogen) atoms. The van der Waals surface area contributed by atoms with Gasteiger partial charge in [-0.3, -0.25) is 0 Å². The first-order valence-corrected chi connectivity index (χ1v) is 8.02. The Labute approximate surface area is 119 Å². The zero-order valence-electron chi connectivity index (χ0n) is 11.1. The molecule has 0 amide bonds. The van der Waals surface area contributed by atoms with E-state index in [2.05, 4.69) is 9.88 Å². The second-order valence-corrected chi connectivity index (χ2v) is 7.16. The predicted octanol–water partition coefficient (Wildman–Crippen LogP) is 1.45. The molecule has 7 heteroatoms. The van der Waals surface area contributed by atoms with E-state index in [9.17, 15) is 8.42 Å². The summed E-state index contributed by atoms with van der Waals surface area (Å²) in [5.74, 6) is 0. The molecule has 0 bridgehead atoms. The topological polar surface area (TPSA) is 53.5 Å². The number of hydrogen-bond donors (Lipinski definition) is 0. The zero-order valence-corrected chi connectivity index (χ0v) is 12.7. The molecule has 0 aromatic carbocycles. The Hall–Kier alpha value is -0.690. The highest BCUT2D eigenvalue weighted by Crippen LogP contribution is 2.25. The Kier molecular flexibility index (Phi) is 4.45. The van der Waals surface area contributed by atoms with E-state index in [-0.39, 0.29) is 10.0 Å². The van der Waals surface area contributed by atoms with Gasteiger partial charge < -0.3 is 4.90 Å². The molecule has 0 spiro atoms. The van der Waals surface area contributed by atoms with Gasteiger partial charge in [-0.2, -0.15) is 4.31 Å². The van der Waals surface area contributed by atoms with Crippen LogP contribution in [0.2, 0.25) is 5.15 Å². The second-order valence-electron chi connectivity index (χ2n) is 4.89. The van der Waals surface area contributed by atoms with Crippen LogP contribution in [0.1, 0.15) is 12.8 Å². The Morgan fingerprint density at radius 1 is 1.37 bits per heavy atom. The maximum Gasteiger partial charge on any atom is 0.246 e. The summed E-state index contributed by atoms with van der Waals surface area (Å²) in [5, 5.41) is 0.0391. The van der Waals surface area contributed by atoms with Gasteiger partial charge in [0.15, 0.2) is 0 Å². The lowest BCUT2D eigenvalue weighted by Crippen LogP contribution is -2.44. The minimum absolute atomic E-state index is 0.0391.